The summed E-state index contributed by atoms with van der Waals surface area (Å²) in [6.45, 7) is 0. The summed E-state index contributed by atoms with van der Waals surface area (Å²) >= 11 is 0. The Bertz CT molecular complexity index is 535. The van der Waals surface area contributed by atoms with Gasteiger partial charge in [0.2, 0.25) is 0 Å². The first-order chi connectivity index (χ1) is 9.45. The predicted molar refractivity (Wildman–Crippen MR) is 86.3 cm³/mol. The minimum Gasteiger partial charge on any atom is -1.00 e. The molecule has 3 aromatic carbocycles. The van der Waals surface area contributed by atoms with E-state index in [-0.39, 0.29) is 18.5 Å². The standard InChI is InChI=1S/C18H15P.Cu.H/c1-4-10-16(11-5-1)19(17-12-6-2-7-13-17)18-14-8-3-9-15-18;;/h1-15H;;/q;+1;-1. The zero-order valence-corrected chi connectivity index (χ0v) is 12.7. The van der Waals surface area contributed by atoms with Crippen LogP contribution in [0.4, 0.5) is 0 Å². The largest absolute Gasteiger partial charge is 1.00 e. The van der Waals surface area contributed by atoms with Gasteiger partial charge in [-0.05, 0) is 23.8 Å². The average Bonchev–Trinajstić information content (AvgIpc) is 2.51. The van der Waals surface area contributed by atoms with E-state index < -0.39 is 7.92 Å². The topological polar surface area (TPSA) is 0 Å². The summed E-state index contributed by atoms with van der Waals surface area (Å²) in [5.74, 6) is 0. The van der Waals surface area contributed by atoms with Gasteiger partial charge in [0.05, 0.1) is 0 Å². The van der Waals surface area contributed by atoms with Gasteiger partial charge in [0.1, 0.15) is 0 Å². The fourth-order valence-corrected chi connectivity index (χ4v) is 4.48. The third-order valence-electron chi connectivity index (χ3n) is 3.04. The Morgan fingerprint density at radius 3 is 0.950 bits per heavy atom. The first-order valence-electron chi connectivity index (χ1n) is 6.40. The molecule has 0 fully saturated rings. The smallest absolute Gasteiger partial charge is 1.00 e. The molecule has 0 aliphatic carbocycles. The molecule has 0 nitrogen and oxygen atoms in total. The Balaban J connectivity index is 0.00000110. The Hall–Kier alpha value is -1.39. The van der Waals surface area contributed by atoms with Crippen molar-refractivity contribution < 1.29 is 18.5 Å². The number of rotatable bonds is 3. The fourth-order valence-electron chi connectivity index (χ4n) is 2.18. The molecule has 0 heterocycles. The third-order valence-corrected chi connectivity index (χ3v) is 5.49. The normalized spacial score (nSPS) is 10.1. The molecule has 3 aromatic rings. The molecule has 0 bridgehead atoms. The molecule has 0 aliphatic rings. The maximum absolute atomic E-state index is 2.23. The number of hydrogen-bond acceptors (Lipinski definition) is 0. The van der Waals surface area contributed by atoms with Crippen LogP contribution in [0.15, 0.2) is 91.0 Å². The van der Waals surface area contributed by atoms with Gasteiger partial charge in [0, 0.05) is 0 Å². The van der Waals surface area contributed by atoms with Crippen LogP contribution in [0, 0.1) is 0 Å². The molecule has 0 saturated heterocycles. The molecule has 20 heavy (non-hydrogen) atoms. The minimum atomic E-state index is -0.446. The van der Waals surface area contributed by atoms with Crippen LogP contribution < -0.4 is 15.9 Å². The van der Waals surface area contributed by atoms with Gasteiger partial charge in [0.25, 0.3) is 0 Å². The molecule has 0 aliphatic heterocycles. The molecular formula is C18H16CuP. The van der Waals surface area contributed by atoms with E-state index >= 15 is 0 Å². The van der Waals surface area contributed by atoms with E-state index in [4.69, 9.17) is 0 Å². The van der Waals surface area contributed by atoms with Crippen LogP contribution in [0.3, 0.4) is 0 Å². The van der Waals surface area contributed by atoms with Gasteiger partial charge < -0.3 is 1.43 Å². The molecule has 2 heteroatoms. The molecule has 0 amide bonds. The second-order valence-corrected chi connectivity index (χ2v) is 6.56. The van der Waals surface area contributed by atoms with Gasteiger partial charge in [-0.25, -0.2) is 0 Å². The Kier molecular flexibility index (Phi) is 5.56. The van der Waals surface area contributed by atoms with Crippen LogP contribution in [0.25, 0.3) is 0 Å². The van der Waals surface area contributed by atoms with Gasteiger partial charge in [-0.2, -0.15) is 0 Å². The van der Waals surface area contributed by atoms with Crippen molar-refractivity contribution in [2.24, 2.45) is 0 Å². The zero-order valence-electron chi connectivity index (χ0n) is 11.9. The fraction of sp³-hybridized carbons (Fsp3) is 0. The average molecular weight is 327 g/mol. The van der Waals surface area contributed by atoms with Crippen molar-refractivity contribution in [1.29, 1.82) is 0 Å². The van der Waals surface area contributed by atoms with Crippen LogP contribution in [0.2, 0.25) is 0 Å². The summed E-state index contributed by atoms with van der Waals surface area (Å²) in [4.78, 5) is 0. The van der Waals surface area contributed by atoms with Gasteiger partial charge >= 0.3 is 17.1 Å². The van der Waals surface area contributed by atoms with Gasteiger partial charge in [-0.3, -0.25) is 0 Å². The van der Waals surface area contributed by atoms with Gasteiger partial charge in [0.15, 0.2) is 0 Å². The monoisotopic (exact) mass is 326 g/mol. The van der Waals surface area contributed by atoms with E-state index in [2.05, 4.69) is 91.0 Å². The molecule has 104 valence electrons. The molecule has 0 unspecified atom stereocenters. The van der Waals surface area contributed by atoms with Gasteiger partial charge in [-0.1, -0.05) is 91.0 Å². The van der Waals surface area contributed by atoms with Crippen molar-refractivity contribution in [3.63, 3.8) is 0 Å². The van der Waals surface area contributed by atoms with E-state index in [1.165, 1.54) is 15.9 Å². The second kappa shape index (κ2) is 7.41. The Labute approximate surface area is 133 Å². The zero-order chi connectivity index (χ0) is 12.9. The summed E-state index contributed by atoms with van der Waals surface area (Å²) in [6.07, 6.45) is 0. The maximum atomic E-state index is 2.23. The molecule has 0 saturated carbocycles. The van der Waals surface area contributed by atoms with E-state index in [0.29, 0.717) is 0 Å². The predicted octanol–water partition coefficient (Wildman–Crippen LogP) is 3.55. The molecular weight excluding hydrogens is 311 g/mol. The Morgan fingerprint density at radius 1 is 0.450 bits per heavy atom. The molecule has 0 N–H and O–H groups in total. The van der Waals surface area contributed by atoms with Crippen LogP contribution in [0.5, 0.6) is 0 Å². The minimum absolute atomic E-state index is 0. The molecule has 3 rings (SSSR count). The van der Waals surface area contributed by atoms with Crippen molar-refractivity contribution in [3.05, 3.63) is 91.0 Å². The molecule has 0 spiro atoms. The van der Waals surface area contributed by atoms with E-state index in [1.807, 2.05) is 0 Å². The first-order valence-corrected chi connectivity index (χ1v) is 7.74. The van der Waals surface area contributed by atoms with Crippen molar-refractivity contribution in [1.82, 2.24) is 0 Å². The molecule has 0 radical (unpaired) electrons. The maximum Gasteiger partial charge on any atom is 1.00 e. The summed E-state index contributed by atoms with van der Waals surface area (Å²) < 4.78 is 0. The number of benzene rings is 3. The van der Waals surface area contributed by atoms with E-state index in [1.54, 1.807) is 0 Å². The summed E-state index contributed by atoms with van der Waals surface area (Å²) in [7, 11) is -0.446. The van der Waals surface area contributed by atoms with Crippen molar-refractivity contribution >= 4 is 23.8 Å². The quantitative estimate of drug-likeness (QED) is 0.510. The number of hydrogen-bond donors (Lipinski definition) is 0. The van der Waals surface area contributed by atoms with Crippen molar-refractivity contribution in [2.75, 3.05) is 0 Å². The van der Waals surface area contributed by atoms with Crippen LogP contribution in [-0.4, -0.2) is 0 Å². The second-order valence-electron chi connectivity index (χ2n) is 4.34. The van der Waals surface area contributed by atoms with Crippen molar-refractivity contribution in [3.8, 4) is 0 Å². The molecule has 0 aromatic heterocycles. The van der Waals surface area contributed by atoms with Crippen LogP contribution in [-0.2, 0) is 17.1 Å². The third kappa shape index (κ3) is 3.38. The van der Waals surface area contributed by atoms with Crippen LogP contribution >= 0.6 is 7.92 Å². The van der Waals surface area contributed by atoms with Crippen LogP contribution in [0.1, 0.15) is 1.43 Å². The summed E-state index contributed by atoms with van der Waals surface area (Å²) in [5, 5.41) is 4.19. The summed E-state index contributed by atoms with van der Waals surface area (Å²) in [5.41, 5.74) is 0. The van der Waals surface area contributed by atoms with Gasteiger partial charge in [-0.15, -0.1) is 0 Å². The summed E-state index contributed by atoms with van der Waals surface area (Å²) in [6, 6.07) is 32.3. The Morgan fingerprint density at radius 2 is 0.700 bits per heavy atom. The first kappa shape index (κ1) is 15.0. The molecule has 0 atom stereocenters. The van der Waals surface area contributed by atoms with E-state index in [0.717, 1.165) is 0 Å². The SMILES string of the molecule is [Cu+].[H-].c1ccc(P(c2ccccc2)c2ccccc2)cc1. The van der Waals surface area contributed by atoms with Crippen molar-refractivity contribution in [2.45, 2.75) is 0 Å². The van der Waals surface area contributed by atoms with E-state index in [9.17, 15) is 0 Å².